The van der Waals surface area contributed by atoms with Gasteiger partial charge in [0.15, 0.2) is 0 Å². The van der Waals surface area contributed by atoms with Crippen molar-refractivity contribution in [3.05, 3.63) is 64.1 Å². The van der Waals surface area contributed by atoms with Gasteiger partial charge < -0.3 is 10.2 Å². The molecule has 5 heteroatoms. The Bertz CT molecular complexity index is 798. The Morgan fingerprint density at radius 2 is 1.33 bits per heavy atom. The normalized spacial score (nSPS) is 10.9. The number of unbranched alkanes of at least 4 members (excludes halogenated alkanes) is 11. The van der Waals surface area contributed by atoms with Gasteiger partial charge in [0, 0.05) is 18.8 Å². The van der Waals surface area contributed by atoms with E-state index in [2.05, 4.69) is 24.4 Å². The second-order valence-electron chi connectivity index (χ2n) is 8.86. The zero-order chi connectivity index (χ0) is 23.7. The van der Waals surface area contributed by atoms with Crippen LogP contribution in [0.1, 0.15) is 89.5 Å². The van der Waals surface area contributed by atoms with E-state index in [-0.39, 0.29) is 6.03 Å². The molecule has 0 heterocycles. The first-order chi connectivity index (χ1) is 16.1. The molecular weight excluding hydrogens is 451 g/mol. The van der Waals surface area contributed by atoms with Crippen molar-refractivity contribution < 1.29 is 4.79 Å². The maximum Gasteiger partial charge on any atom is 0.322 e. The Morgan fingerprint density at radius 3 is 1.91 bits per heavy atom. The molecule has 1 N–H and O–H groups in total. The lowest BCUT2D eigenvalue weighted by Gasteiger charge is -2.23. The molecule has 2 aromatic rings. The summed E-state index contributed by atoms with van der Waals surface area (Å²) < 4.78 is 0. The first-order valence-corrected chi connectivity index (χ1v) is 13.4. The van der Waals surface area contributed by atoms with E-state index >= 15 is 0 Å². The van der Waals surface area contributed by atoms with Crippen molar-refractivity contribution in [2.24, 2.45) is 0 Å². The largest absolute Gasteiger partial charge is 0.322 e. The fourth-order valence-electron chi connectivity index (χ4n) is 3.98. The Kier molecular flexibility index (Phi) is 14.0. The summed E-state index contributed by atoms with van der Waals surface area (Å²) in [6.45, 7) is 3.59. The molecule has 0 radical (unpaired) electrons. The van der Waals surface area contributed by atoms with E-state index < -0.39 is 0 Å². The van der Waals surface area contributed by atoms with Gasteiger partial charge in [0.1, 0.15) is 0 Å². The SMILES string of the molecule is CCCCCCCCCCCCCCN(Cc1ccccc1)C(=O)Nc1ccc(Cl)c(Cl)c1. The molecule has 0 fully saturated rings. The molecule has 33 heavy (non-hydrogen) atoms. The van der Waals surface area contributed by atoms with Gasteiger partial charge in [-0.1, -0.05) is 131 Å². The molecule has 2 rings (SSSR count). The molecule has 0 aliphatic rings. The third-order valence-electron chi connectivity index (χ3n) is 5.96. The van der Waals surface area contributed by atoms with Crippen LogP contribution in [-0.4, -0.2) is 17.5 Å². The summed E-state index contributed by atoms with van der Waals surface area (Å²) in [7, 11) is 0. The van der Waals surface area contributed by atoms with Crippen LogP contribution in [0.3, 0.4) is 0 Å². The van der Waals surface area contributed by atoms with Crippen LogP contribution < -0.4 is 5.32 Å². The van der Waals surface area contributed by atoms with Crippen LogP contribution in [0, 0.1) is 0 Å². The molecule has 0 spiro atoms. The number of rotatable bonds is 16. The molecule has 0 saturated heterocycles. The van der Waals surface area contributed by atoms with Gasteiger partial charge in [0.25, 0.3) is 0 Å². The predicted octanol–water partition coefficient (Wildman–Crippen LogP) is 9.73. The molecule has 0 unspecified atom stereocenters. The Hall–Kier alpha value is -1.71. The molecule has 3 nitrogen and oxygen atoms in total. The second kappa shape index (κ2) is 16.8. The lowest BCUT2D eigenvalue weighted by Crippen LogP contribution is -2.35. The van der Waals surface area contributed by atoms with E-state index in [9.17, 15) is 4.79 Å². The monoisotopic (exact) mass is 490 g/mol. The summed E-state index contributed by atoms with van der Waals surface area (Å²) in [5.74, 6) is 0. The van der Waals surface area contributed by atoms with Crippen molar-refractivity contribution in [2.45, 2.75) is 90.5 Å². The third-order valence-corrected chi connectivity index (χ3v) is 6.69. The number of halogens is 2. The van der Waals surface area contributed by atoms with Crippen LogP contribution in [0.2, 0.25) is 10.0 Å². The highest BCUT2D eigenvalue weighted by atomic mass is 35.5. The molecule has 0 atom stereocenters. The Morgan fingerprint density at radius 1 is 0.758 bits per heavy atom. The highest BCUT2D eigenvalue weighted by Gasteiger charge is 2.14. The summed E-state index contributed by atoms with van der Waals surface area (Å²) >= 11 is 12.1. The fourth-order valence-corrected chi connectivity index (χ4v) is 4.27. The molecule has 0 saturated carbocycles. The van der Waals surface area contributed by atoms with Gasteiger partial charge in [-0.3, -0.25) is 0 Å². The van der Waals surface area contributed by atoms with Gasteiger partial charge in [-0.2, -0.15) is 0 Å². The van der Waals surface area contributed by atoms with E-state index in [0.29, 0.717) is 22.3 Å². The van der Waals surface area contributed by atoms with Crippen molar-refractivity contribution in [2.75, 3.05) is 11.9 Å². The summed E-state index contributed by atoms with van der Waals surface area (Å²) in [4.78, 5) is 14.9. The van der Waals surface area contributed by atoms with Crippen molar-refractivity contribution in [1.82, 2.24) is 4.90 Å². The maximum absolute atomic E-state index is 13.0. The second-order valence-corrected chi connectivity index (χ2v) is 9.67. The summed E-state index contributed by atoms with van der Waals surface area (Å²) in [6.07, 6.45) is 15.7. The molecule has 0 aromatic heterocycles. The minimum absolute atomic E-state index is 0.111. The topological polar surface area (TPSA) is 32.3 Å². The smallest absolute Gasteiger partial charge is 0.320 e. The molecular formula is C28H40Cl2N2O. The van der Waals surface area contributed by atoms with Crippen LogP contribution in [0.25, 0.3) is 0 Å². The number of nitrogens with zero attached hydrogens (tertiary/aromatic N) is 1. The number of benzene rings is 2. The molecule has 2 amide bonds. The average molecular weight is 492 g/mol. The first-order valence-electron chi connectivity index (χ1n) is 12.6. The summed E-state index contributed by atoms with van der Waals surface area (Å²) in [6, 6.07) is 15.2. The molecule has 0 aliphatic heterocycles. The van der Waals surface area contributed by atoms with E-state index in [1.165, 1.54) is 64.2 Å². The van der Waals surface area contributed by atoms with Crippen molar-refractivity contribution in [1.29, 1.82) is 0 Å². The number of amides is 2. The highest BCUT2D eigenvalue weighted by Crippen LogP contribution is 2.25. The van der Waals surface area contributed by atoms with E-state index in [4.69, 9.17) is 23.2 Å². The first kappa shape index (κ1) is 27.5. The minimum Gasteiger partial charge on any atom is -0.320 e. The van der Waals surface area contributed by atoms with Crippen molar-refractivity contribution >= 4 is 34.9 Å². The summed E-state index contributed by atoms with van der Waals surface area (Å²) in [5.41, 5.74) is 1.78. The predicted molar refractivity (Wildman–Crippen MR) is 143 cm³/mol. The van der Waals surface area contributed by atoms with Crippen LogP contribution in [0.5, 0.6) is 0 Å². The van der Waals surface area contributed by atoms with Gasteiger partial charge in [-0.05, 0) is 30.2 Å². The number of anilines is 1. The highest BCUT2D eigenvalue weighted by molar-refractivity contribution is 6.42. The number of carbonyl (C=O) groups is 1. The van der Waals surface area contributed by atoms with Crippen molar-refractivity contribution in [3.63, 3.8) is 0 Å². The van der Waals surface area contributed by atoms with Crippen LogP contribution in [0.15, 0.2) is 48.5 Å². The van der Waals surface area contributed by atoms with Gasteiger partial charge in [-0.25, -0.2) is 4.79 Å². The van der Waals surface area contributed by atoms with Gasteiger partial charge in [-0.15, -0.1) is 0 Å². The fraction of sp³-hybridized carbons (Fsp3) is 0.536. The van der Waals surface area contributed by atoms with E-state index in [1.807, 2.05) is 23.1 Å². The van der Waals surface area contributed by atoms with E-state index in [1.54, 1.807) is 18.2 Å². The quantitative estimate of drug-likeness (QED) is 0.233. The van der Waals surface area contributed by atoms with Crippen LogP contribution >= 0.6 is 23.2 Å². The average Bonchev–Trinajstić information content (AvgIpc) is 2.82. The molecule has 182 valence electrons. The number of hydrogen-bond acceptors (Lipinski definition) is 1. The molecule has 0 bridgehead atoms. The number of hydrogen-bond donors (Lipinski definition) is 1. The summed E-state index contributed by atoms with van der Waals surface area (Å²) in [5, 5.41) is 3.88. The lowest BCUT2D eigenvalue weighted by atomic mass is 10.1. The number of carbonyl (C=O) groups excluding carboxylic acids is 1. The van der Waals surface area contributed by atoms with Gasteiger partial charge >= 0.3 is 6.03 Å². The lowest BCUT2D eigenvalue weighted by molar-refractivity contribution is 0.207. The maximum atomic E-state index is 13.0. The zero-order valence-corrected chi connectivity index (χ0v) is 21.6. The third kappa shape index (κ3) is 11.8. The van der Waals surface area contributed by atoms with Gasteiger partial charge in [0.05, 0.1) is 10.0 Å². The zero-order valence-electron chi connectivity index (χ0n) is 20.1. The van der Waals surface area contributed by atoms with Crippen LogP contribution in [0.4, 0.5) is 10.5 Å². The molecule has 0 aliphatic carbocycles. The minimum atomic E-state index is -0.111. The number of nitrogens with one attached hydrogen (secondary N) is 1. The standard InChI is InChI=1S/C28H40Cl2N2O/c1-2-3-4-5-6-7-8-9-10-11-12-16-21-32(23-24-17-14-13-15-18-24)28(33)31-25-19-20-26(29)27(30)22-25/h13-15,17-20,22H,2-12,16,21,23H2,1H3,(H,31,33). The Labute approximate surface area is 210 Å². The van der Waals surface area contributed by atoms with Crippen molar-refractivity contribution in [3.8, 4) is 0 Å². The number of urea groups is 1. The molecule has 2 aromatic carbocycles. The van der Waals surface area contributed by atoms with Gasteiger partial charge in [0.2, 0.25) is 0 Å². The Balaban J connectivity index is 1.72. The van der Waals surface area contributed by atoms with E-state index in [0.717, 1.165) is 24.9 Å². The van der Waals surface area contributed by atoms with Crippen LogP contribution in [-0.2, 0) is 6.54 Å².